The van der Waals surface area contributed by atoms with Crippen molar-refractivity contribution >= 4 is 17.5 Å². The Hall–Kier alpha value is -1.88. The van der Waals surface area contributed by atoms with Crippen molar-refractivity contribution in [3.05, 3.63) is 29.3 Å². The molecule has 0 spiro atoms. The molecule has 2 amide bonds. The summed E-state index contributed by atoms with van der Waals surface area (Å²) in [6.45, 7) is 7.02. The lowest BCUT2D eigenvalue weighted by Crippen LogP contribution is -2.41. The molecular formula is C16H23N3O2. The van der Waals surface area contributed by atoms with Crippen LogP contribution in [0.4, 0.5) is 5.69 Å². The summed E-state index contributed by atoms with van der Waals surface area (Å²) in [5.74, 6) is -0.994. The molecule has 0 aromatic heterocycles. The largest absolute Gasteiger partial charge is 0.333 e. The minimum Gasteiger partial charge on any atom is -0.333 e. The third-order valence-electron chi connectivity index (χ3n) is 3.97. The van der Waals surface area contributed by atoms with Gasteiger partial charge in [-0.15, -0.1) is 0 Å². The van der Waals surface area contributed by atoms with E-state index in [2.05, 4.69) is 10.2 Å². The molecule has 0 atom stereocenters. The molecule has 0 saturated carbocycles. The summed E-state index contributed by atoms with van der Waals surface area (Å²) in [6, 6.07) is 5.65. The second-order valence-electron chi connectivity index (χ2n) is 5.70. The number of nitrogens with zero attached hydrogens (tertiary/aromatic N) is 2. The van der Waals surface area contributed by atoms with Gasteiger partial charge in [0.05, 0.1) is 0 Å². The zero-order valence-electron chi connectivity index (χ0n) is 13.0. The molecule has 1 aromatic rings. The standard InChI is InChI=1S/C16H23N3O2/c1-12-5-6-14(11-13(12)2)17-15(20)16(21)19-8-4-7-18(3)9-10-19/h5-6,11H,4,7-10H2,1-3H3,(H,17,20). The number of benzene rings is 1. The zero-order valence-corrected chi connectivity index (χ0v) is 13.0. The Morgan fingerprint density at radius 3 is 2.52 bits per heavy atom. The van der Waals surface area contributed by atoms with E-state index in [1.54, 1.807) is 4.90 Å². The topological polar surface area (TPSA) is 52.7 Å². The molecule has 2 rings (SSSR count). The molecule has 1 aromatic carbocycles. The van der Waals surface area contributed by atoms with Crippen LogP contribution in [0.25, 0.3) is 0 Å². The zero-order chi connectivity index (χ0) is 15.4. The van der Waals surface area contributed by atoms with Crippen LogP contribution in [0.15, 0.2) is 18.2 Å². The van der Waals surface area contributed by atoms with Crippen LogP contribution in [-0.2, 0) is 9.59 Å². The van der Waals surface area contributed by atoms with Crippen LogP contribution in [0, 0.1) is 13.8 Å². The quantitative estimate of drug-likeness (QED) is 0.795. The first-order valence-electron chi connectivity index (χ1n) is 7.33. The van der Waals surface area contributed by atoms with Gasteiger partial charge in [-0.05, 0) is 57.1 Å². The summed E-state index contributed by atoms with van der Waals surface area (Å²) in [6.07, 6.45) is 0.902. The van der Waals surface area contributed by atoms with Gasteiger partial charge >= 0.3 is 11.8 Å². The third-order valence-corrected chi connectivity index (χ3v) is 3.97. The SMILES string of the molecule is Cc1ccc(NC(=O)C(=O)N2CCCN(C)CC2)cc1C. The first-order chi connectivity index (χ1) is 9.97. The van der Waals surface area contributed by atoms with E-state index in [4.69, 9.17) is 0 Å². The van der Waals surface area contributed by atoms with Crippen molar-refractivity contribution in [3.63, 3.8) is 0 Å². The van der Waals surface area contributed by atoms with E-state index >= 15 is 0 Å². The Bertz CT molecular complexity index is 542. The first kappa shape index (κ1) is 15.5. The lowest BCUT2D eigenvalue weighted by atomic mass is 10.1. The number of amides is 2. The molecule has 1 fully saturated rings. The van der Waals surface area contributed by atoms with Crippen molar-refractivity contribution < 1.29 is 9.59 Å². The molecule has 0 radical (unpaired) electrons. The van der Waals surface area contributed by atoms with Crippen LogP contribution in [-0.4, -0.2) is 54.8 Å². The van der Waals surface area contributed by atoms with Crippen LogP contribution in [0.2, 0.25) is 0 Å². The monoisotopic (exact) mass is 289 g/mol. The van der Waals surface area contributed by atoms with E-state index in [9.17, 15) is 9.59 Å². The van der Waals surface area contributed by atoms with E-state index in [1.165, 1.54) is 0 Å². The lowest BCUT2D eigenvalue weighted by Gasteiger charge is -2.20. The van der Waals surface area contributed by atoms with Gasteiger partial charge in [-0.1, -0.05) is 6.07 Å². The van der Waals surface area contributed by atoms with Crippen LogP contribution in [0.5, 0.6) is 0 Å². The number of aryl methyl sites for hydroxylation is 2. The highest BCUT2D eigenvalue weighted by molar-refractivity contribution is 6.39. The summed E-state index contributed by atoms with van der Waals surface area (Å²) >= 11 is 0. The van der Waals surface area contributed by atoms with Gasteiger partial charge < -0.3 is 15.1 Å². The predicted octanol–water partition coefficient (Wildman–Crippen LogP) is 1.41. The number of carbonyl (C=O) groups excluding carboxylic acids is 2. The number of rotatable bonds is 1. The maximum atomic E-state index is 12.2. The second kappa shape index (κ2) is 6.72. The normalized spacial score (nSPS) is 16.4. The molecular weight excluding hydrogens is 266 g/mol. The van der Waals surface area contributed by atoms with E-state index in [-0.39, 0.29) is 0 Å². The van der Waals surface area contributed by atoms with Gasteiger partial charge in [0.2, 0.25) is 0 Å². The van der Waals surface area contributed by atoms with Crippen LogP contribution < -0.4 is 5.32 Å². The van der Waals surface area contributed by atoms with Gasteiger partial charge in [0, 0.05) is 25.3 Å². The number of nitrogens with one attached hydrogen (secondary N) is 1. The molecule has 0 aliphatic carbocycles. The fourth-order valence-corrected chi connectivity index (χ4v) is 2.40. The minimum absolute atomic E-state index is 0.441. The Morgan fingerprint density at radius 1 is 1.05 bits per heavy atom. The van der Waals surface area contributed by atoms with Crippen molar-refractivity contribution in [2.24, 2.45) is 0 Å². The lowest BCUT2D eigenvalue weighted by molar-refractivity contribution is -0.143. The Kier molecular flexibility index (Phi) is 4.96. The number of carbonyl (C=O) groups is 2. The Balaban J connectivity index is 1.98. The average molecular weight is 289 g/mol. The molecule has 21 heavy (non-hydrogen) atoms. The Morgan fingerprint density at radius 2 is 1.81 bits per heavy atom. The molecule has 0 unspecified atom stereocenters. The molecule has 1 aliphatic heterocycles. The number of hydrogen-bond donors (Lipinski definition) is 1. The highest BCUT2D eigenvalue weighted by atomic mass is 16.2. The van der Waals surface area contributed by atoms with Crippen LogP contribution in [0.1, 0.15) is 17.5 Å². The van der Waals surface area contributed by atoms with Crippen molar-refractivity contribution in [1.29, 1.82) is 0 Å². The smallest absolute Gasteiger partial charge is 0.313 e. The summed E-state index contributed by atoms with van der Waals surface area (Å²) in [5.41, 5.74) is 2.93. The molecule has 1 saturated heterocycles. The molecule has 1 heterocycles. The molecule has 1 aliphatic rings. The average Bonchev–Trinajstić information content (AvgIpc) is 2.67. The van der Waals surface area contributed by atoms with E-state index in [0.29, 0.717) is 18.8 Å². The minimum atomic E-state index is -0.553. The summed E-state index contributed by atoms with van der Waals surface area (Å²) in [4.78, 5) is 28.1. The van der Waals surface area contributed by atoms with Gasteiger partial charge in [0.15, 0.2) is 0 Å². The fourth-order valence-electron chi connectivity index (χ4n) is 2.40. The van der Waals surface area contributed by atoms with Crippen molar-refractivity contribution in [3.8, 4) is 0 Å². The molecule has 5 heteroatoms. The number of hydrogen-bond acceptors (Lipinski definition) is 3. The molecule has 114 valence electrons. The van der Waals surface area contributed by atoms with Crippen LogP contribution in [0.3, 0.4) is 0 Å². The van der Waals surface area contributed by atoms with Crippen molar-refractivity contribution in [2.75, 3.05) is 38.5 Å². The molecule has 5 nitrogen and oxygen atoms in total. The highest BCUT2D eigenvalue weighted by Gasteiger charge is 2.23. The summed E-state index contributed by atoms with van der Waals surface area (Å²) < 4.78 is 0. The first-order valence-corrected chi connectivity index (χ1v) is 7.33. The van der Waals surface area contributed by atoms with E-state index in [1.807, 2.05) is 39.1 Å². The van der Waals surface area contributed by atoms with Gasteiger partial charge in [-0.2, -0.15) is 0 Å². The van der Waals surface area contributed by atoms with Crippen molar-refractivity contribution in [2.45, 2.75) is 20.3 Å². The number of likely N-dealkylation sites (N-methyl/N-ethyl adjacent to an activating group) is 1. The van der Waals surface area contributed by atoms with Gasteiger partial charge in [0.25, 0.3) is 0 Å². The fraction of sp³-hybridized carbons (Fsp3) is 0.500. The van der Waals surface area contributed by atoms with Gasteiger partial charge in [-0.3, -0.25) is 9.59 Å². The summed E-state index contributed by atoms with van der Waals surface area (Å²) in [7, 11) is 2.03. The van der Waals surface area contributed by atoms with E-state index in [0.717, 1.165) is 30.6 Å². The van der Waals surface area contributed by atoms with Crippen LogP contribution >= 0.6 is 0 Å². The molecule has 0 bridgehead atoms. The van der Waals surface area contributed by atoms with Crippen molar-refractivity contribution in [1.82, 2.24) is 9.80 Å². The maximum absolute atomic E-state index is 12.2. The van der Waals surface area contributed by atoms with Gasteiger partial charge in [0.1, 0.15) is 0 Å². The predicted molar refractivity (Wildman–Crippen MR) is 83.2 cm³/mol. The summed E-state index contributed by atoms with van der Waals surface area (Å²) in [5, 5.41) is 2.69. The van der Waals surface area contributed by atoms with Gasteiger partial charge in [-0.25, -0.2) is 0 Å². The van der Waals surface area contributed by atoms with E-state index < -0.39 is 11.8 Å². The highest BCUT2D eigenvalue weighted by Crippen LogP contribution is 2.14. The second-order valence-corrected chi connectivity index (χ2v) is 5.70. The Labute approximate surface area is 125 Å². The maximum Gasteiger partial charge on any atom is 0.313 e. The third kappa shape index (κ3) is 4.04. The number of anilines is 1. The molecule has 1 N–H and O–H groups in total.